The third-order valence-corrected chi connectivity index (χ3v) is 5.83. The SMILES string of the molecule is CC(C)(C(N)=O)S(=O)(=O)c1ccccc1Br. The van der Waals surface area contributed by atoms with Crippen molar-refractivity contribution >= 4 is 31.7 Å². The van der Waals surface area contributed by atoms with Crippen LogP contribution in [0.1, 0.15) is 13.8 Å². The van der Waals surface area contributed by atoms with Crippen LogP contribution in [-0.2, 0) is 14.6 Å². The van der Waals surface area contributed by atoms with Crippen LogP contribution in [0.15, 0.2) is 33.6 Å². The maximum absolute atomic E-state index is 12.2. The molecule has 0 saturated heterocycles. The van der Waals surface area contributed by atoms with Crippen LogP contribution in [0.3, 0.4) is 0 Å². The third-order valence-electron chi connectivity index (χ3n) is 2.39. The van der Waals surface area contributed by atoms with Crippen LogP contribution < -0.4 is 5.73 Å². The Morgan fingerprint density at radius 2 is 1.81 bits per heavy atom. The summed E-state index contributed by atoms with van der Waals surface area (Å²) in [5.41, 5.74) is 5.11. The van der Waals surface area contributed by atoms with Gasteiger partial charge >= 0.3 is 0 Å². The zero-order valence-corrected chi connectivity index (χ0v) is 11.3. The lowest BCUT2D eigenvalue weighted by atomic mass is 10.2. The van der Waals surface area contributed by atoms with Gasteiger partial charge in [-0.15, -0.1) is 0 Å². The second-order valence-electron chi connectivity index (χ2n) is 3.81. The third kappa shape index (κ3) is 1.99. The Hall–Kier alpha value is -0.880. The van der Waals surface area contributed by atoms with Gasteiger partial charge in [0.25, 0.3) is 0 Å². The molecule has 16 heavy (non-hydrogen) atoms. The van der Waals surface area contributed by atoms with Crippen molar-refractivity contribution in [3.8, 4) is 0 Å². The van der Waals surface area contributed by atoms with Crippen molar-refractivity contribution in [2.24, 2.45) is 5.73 Å². The molecule has 0 spiro atoms. The monoisotopic (exact) mass is 305 g/mol. The molecule has 0 aliphatic heterocycles. The lowest BCUT2D eigenvalue weighted by molar-refractivity contribution is -0.119. The minimum atomic E-state index is -3.79. The van der Waals surface area contributed by atoms with E-state index in [1.807, 2.05) is 0 Å². The number of rotatable bonds is 3. The van der Waals surface area contributed by atoms with E-state index in [9.17, 15) is 13.2 Å². The number of sulfone groups is 1. The molecule has 88 valence electrons. The molecule has 1 amide bonds. The smallest absolute Gasteiger partial charge is 0.238 e. The number of primary amides is 1. The molecule has 0 radical (unpaired) electrons. The molecule has 0 aliphatic rings. The molecule has 0 fully saturated rings. The Balaban J connectivity index is 3.45. The maximum atomic E-state index is 12.2. The number of amides is 1. The lowest BCUT2D eigenvalue weighted by Gasteiger charge is -2.21. The van der Waals surface area contributed by atoms with Gasteiger partial charge in [0.1, 0.15) is 4.75 Å². The van der Waals surface area contributed by atoms with E-state index in [4.69, 9.17) is 5.73 Å². The summed E-state index contributed by atoms with van der Waals surface area (Å²) in [5.74, 6) is -0.872. The van der Waals surface area contributed by atoms with Crippen molar-refractivity contribution in [2.75, 3.05) is 0 Å². The highest BCUT2D eigenvalue weighted by Crippen LogP contribution is 2.30. The van der Waals surface area contributed by atoms with E-state index in [1.54, 1.807) is 18.2 Å². The summed E-state index contributed by atoms with van der Waals surface area (Å²) in [5, 5.41) is 0. The van der Waals surface area contributed by atoms with E-state index in [-0.39, 0.29) is 4.90 Å². The van der Waals surface area contributed by atoms with Crippen LogP contribution >= 0.6 is 15.9 Å². The molecular weight excluding hydrogens is 294 g/mol. The predicted molar refractivity (Wildman–Crippen MR) is 64.6 cm³/mol. The van der Waals surface area contributed by atoms with Gasteiger partial charge in [0.2, 0.25) is 5.91 Å². The minimum Gasteiger partial charge on any atom is -0.368 e. The summed E-state index contributed by atoms with van der Waals surface area (Å²) < 4.78 is 23.2. The molecule has 0 aromatic heterocycles. The Labute approximate surface area is 103 Å². The molecule has 1 aromatic carbocycles. The second kappa shape index (κ2) is 4.18. The topological polar surface area (TPSA) is 77.2 Å². The highest BCUT2D eigenvalue weighted by atomic mass is 79.9. The summed E-state index contributed by atoms with van der Waals surface area (Å²) >= 11 is 3.14. The number of carbonyl (C=O) groups excluding carboxylic acids is 1. The van der Waals surface area contributed by atoms with Gasteiger partial charge in [-0.3, -0.25) is 4.79 Å². The van der Waals surface area contributed by atoms with Crippen LogP contribution in [0, 0.1) is 0 Å². The molecule has 4 nitrogen and oxygen atoms in total. The van der Waals surface area contributed by atoms with E-state index in [2.05, 4.69) is 15.9 Å². The average Bonchev–Trinajstić information content (AvgIpc) is 2.17. The highest BCUT2D eigenvalue weighted by molar-refractivity contribution is 9.10. The van der Waals surface area contributed by atoms with Crippen molar-refractivity contribution in [1.82, 2.24) is 0 Å². The first kappa shape index (κ1) is 13.2. The summed E-state index contributed by atoms with van der Waals surface area (Å²) in [6.07, 6.45) is 0. The van der Waals surface area contributed by atoms with Gasteiger partial charge in [0, 0.05) is 4.47 Å². The lowest BCUT2D eigenvalue weighted by Crippen LogP contribution is -2.45. The fourth-order valence-corrected chi connectivity index (χ4v) is 3.39. The Morgan fingerprint density at radius 1 is 1.31 bits per heavy atom. The Morgan fingerprint density at radius 3 is 2.25 bits per heavy atom. The average molecular weight is 306 g/mol. The van der Waals surface area contributed by atoms with E-state index in [1.165, 1.54) is 19.9 Å². The zero-order chi connectivity index (χ0) is 12.6. The van der Waals surface area contributed by atoms with Crippen LogP contribution in [0.2, 0.25) is 0 Å². The number of carbonyl (C=O) groups is 1. The Kier molecular flexibility index (Phi) is 3.44. The molecule has 0 heterocycles. The number of hydrogen-bond donors (Lipinski definition) is 1. The first-order valence-corrected chi connectivity index (χ1v) is 6.78. The van der Waals surface area contributed by atoms with Crippen molar-refractivity contribution in [1.29, 1.82) is 0 Å². The minimum absolute atomic E-state index is 0.0683. The van der Waals surface area contributed by atoms with Crippen molar-refractivity contribution < 1.29 is 13.2 Å². The first-order chi connectivity index (χ1) is 7.21. The number of benzene rings is 1. The van der Waals surface area contributed by atoms with Crippen LogP contribution in [0.5, 0.6) is 0 Å². The van der Waals surface area contributed by atoms with Gasteiger partial charge < -0.3 is 5.73 Å². The maximum Gasteiger partial charge on any atom is 0.238 e. The predicted octanol–water partition coefficient (Wildman–Crippen LogP) is 1.49. The summed E-state index contributed by atoms with van der Waals surface area (Å²) in [4.78, 5) is 11.2. The fourth-order valence-electron chi connectivity index (χ4n) is 1.07. The highest BCUT2D eigenvalue weighted by Gasteiger charge is 2.42. The van der Waals surface area contributed by atoms with Crippen LogP contribution in [0.4, 0.5) is 0 Å². The van der Waals surface area contributed by atoms with E-state index < -0.39 is 20.5 Å². The molecular formula is C10H12BrNO3S. The number of hydrogen-bond acceptors (Lipinski definition) is 3. The van der Waals surface area contributed by atoms with Crippen LogP contribution in [-0.4, -0.2) is 19.1 Å². The molecule has 0 bridgehead atoms. The first-order valence-electron chi connectivity index (χ1n) is 4.50. The van der Waals surface area contributed by atoms with Crippen molar-refractivity contribution in [3.05, 3.63) is 28.7 Å². The quantitative estimate of drug-likeness (QED) is 0.919. The Bertz CT molecular complexity index is 523. The van der Waals surface area contributed by atoms with Gasteiger partial charge in [0.05, 0.1) is 4.90 Å². The van der Waals surface area contributed by atoms with Gasteiger partial charge in [-0.05, 0) is 41.9 Å². The largest absolute Gasteiger partial charge is 0.368 e. The van der Waals surface area contributed by atoms with E-state index in [0.29, 0.717) is 4.47 Å². The van der Waals surface area contributed by atoms with Gasteiger partial charge in [-0.25, -0.2) is 8.42 Å². The molecule has 6 heteroatoms. The van der Waals surface area contributed by atoms with Gasteiger partial charge in [0.15, 0.2) is 9.84 Å². The summed E-state index contributed by atoms with van der Waals surface area (Å²) in [7, 11) is -3.79. The van der Waals surface area contributed by atoms with Crippen molar-refractivity contribution in [3.63, 3.8) is 0 Å². The standard InChI is InChI=1S/C10H12BrNO3S/c1-10(2,9(12)13)16(14,15)8-6-4-3-5-7(8)11/h3-6H,1-2H3,(H2,12,13). The summed E-state index contributed by atoms with van der Waals surface area (Å²) in [6.45, 7) is 2.59. The molecule has 1 rings (SSSR count). The molecule has 0 atom stereocenters. The normalized spacial score (nSPS) is 12.4. The zero-order valence-electron chi connectivity index (χ0n) is 8.90. The molecule has 0 saturated carbocycles. The van der Waals surface area contributed by atoms with Gasteiger partial charge in [-0.2, -0.15) is 0 Å². The molecule has 1 aromatic rings. The van der Waals surface area contributed by atoms with E-state index >= 15 is 0 Å². The molecule has 2 N–H and O–H groups in total. The molecule has 0 unspecified atom stereocenters. The fraction of sp³-hybridized carbons (Fsp3) is 0.300. The molecule has 0 aliphatic carbocycles. The number of halogens is 1. The van der Waals surface area contributed by atoms with Crippen LogP contribution in [0.25, 0.3) is 0 Å². The summed E-state index contributed by atoms with van der Waals surface area (Å²) in [6, 6.07) is 6.32. The van der Waals surface area contributed by atoms with E-state index in [0.717, 1.165) is 0 Å². The second-order valence-corrected chi connectivity index (χ2v) is 7.13. The van der Waals surface area contributed by atoms with Crippen molar-refractivity contribution in [2.45, 2.75) is 23.5 Å². The van der Waals surface area contributed by atoms with Gasteiger partial charge in [-0.1, -0.05) is 12.1 Å². The number of nitrogens with two attached hydrogens (primary N) is 1.